The number of carbonyl (C=O) groups is 2. The van der Waals surface area contributed by atoms with E-state index >= 15 is 0 Å². The van der Waals surface area contributed by atoms with Crippen LogP contribution < -0.4 is 0 Å². The quantitative estimate of drug-likeness (QED) is 0.00993. The maximum absolute atomic E-state index is 13.0. The molecule has 0 radical (unpaired) electrons. The van der Waals surface area contributed by atoms with Gasteiger partial charge in [0.1, 0.15) is 43.2 Å². The van der Waals surface area contributed by atoms with Gasteiger partial charge in [-0.05, 0) is 83.5 Å². The van der Waals surface area contributed by atoms with E-state index in [1.165, 1.54) is 38.5 Å². The second-order valence-corrected chi connectivity index (χ2v) is 20.2. The smallest absolute Gasteiger partial charge is 0.462 e. The van der Waals surface area contributed by atoms with Crippen molar-refractivity contribution in [2.45, 2.75) is 223 Å². The van der Waals surface area contributed by atoms with Gasteiger partial charge in [0.2, 0.25) is 0 Å². The maximum atomic E-state index is 13.0. The summed E-state index contributed by atoms with van der Waals surface area (Å²) in [7, 11) is -10.7. The topological polar surface area (TPSA) is 269 Å². The third-order valence-electron chi connectivity index (χ3n) is 11.5. The van der Waals surface area contributed by atoms with Gasteiger partial charge in [0.05, 0.1) is 18.8 Å². The molecule has 7 N–H and O–H groups in total. The van der Waals surface area contributed by atoms with Gasteiger partial charge in [0.15, 0.2) is 6.10 Å². The molecule has 0 aromatic carbocycles. The van der Waals surface area contributed by atoms with E-state index in [2.05, 4.69) is 79.1 Å². The van der Waals surface area contributed by atoms with Crippen LogP contribution in [0.5, 0.6) is 0 Å². The van der Waals surface area contributed by atoms with Crippen LogP contribution in [0.2, 0.25) is 0 Å². The Kier molecular flexibility index (Phi) is 33.2. The Morgan fingerprint density at radius 2 is 1.03 bits per heavy atom. The molecular formula is C49H84O17P2. The number of rotatable bonds is 40. The lowest BCUT2D eigenvalue weighted by Crippen LogP contribution is -2.64. The summed E-state index contributed by atoms with van der Waals surface area (Å²) in [6.45, 7) is 3.01. The molecule has 68 heavy (non-hydrogen) atoms. The Hall–Kier alpha value is -2.34. The number of esters is 2. The Bertz CT molecular complexity index is 1610. The molecular weight excluding hydrogens is 922 g/mol. The number of hydrogen-bond donors (Lipinski definition) is 7. The van der Waals surface area contributed by atoms with Crippen molar-refractivity contribution in [3.63, 3.8) is 0 Å². The van der Waals surface area contributed by atoms with Gasteiger partial charge < -0.3 is 49.3 Å². The van der Waals surface area contributed by atoms with E-state index in [4.69, 9.17) is 23.3 Å². The molecule has 0 amide bonds. The minimum Gasteiger partial charge on any atom is -0.462 e. The minimum absolute atomic E-state index is 0.00230. The normalized spacial score (nSPS) is 24.7. The minimum atomic E-state index is -5.38. The van der Waals surface area contributed by atoms with Crippen molar-refractivity contribution >= 4 is 27.6 Å². The van der Waals surface area contributed by atoms with Crippen LogP contribution in [0, 0.1) is 0 Å². The first kappa shape index (κ1) is 61.8. The van der Waals surface area contributed by atoms with Gasteiger partial charge in [-0.25, -0.2) is 9.13 Å². The molecule has 2 aliphatic rings. The summed E-state index contributed by atoms with van der Waals surface area (Å²) in [5.41, 5.74) is 0. The molecule has 1 saturated carbocycles. The molecule has 7 unspecified atom stereocenters. The summed E-state index contributed by atoms with van der Waals surface area (Å²) in [6.07, 6.45) is 29.0. The van der Waals surface area contributed by atoms with E-state index in [0.717, 1.165) is 83.5 Å². The SMILES string of the molecule is CCCCC/C=C\C/C=C\C/C=C\C/C=C\CCCCCC(=O)O[C@H](COC(=O)CCCCCCCC1OC1C/C=C\CCCCC)COP(=O)(O)O[C@H]1C(O)C(O)C(O)[C@@H](OP(=O)(O)O)C1O. The van der Waals surface area contributed by atoms with Gasteiger partial charge in [-0.15, -0.1) is 0 Å². The Labute approximate surface area is 404 Å². The van der Waals surface area contributed by atoms with Gasteiger partial charge in [-0.3, -0.25) is 23.2 Å². The lowest BCUT2D eigenvalue weighted by atomic mass is 9.85. The molecule has 0 spiro atoms. The molecule has 1 heterocycles. The lowest BCUT2D eigenvalue weighted by molar-refractivity contribution is -0.216. The van der Waals surface area contributed by atoms with Crippen molar-refractivity contribution in [3.8, 4) is 0 Å². The van der Waals surface area contributed by atoms with Gasteiger partial charge in [-0.2, -0.15) is 0 Å². The zero-order valence-corrected chi connectivity index (χ0v) is 42.3. The van der Waals surface area contributed by atoms with Crippen LogP contribution in [0.4, 0.5) is 0 Å². The molecule has 10 atom stereocenters. The fourth-order valence-electron chi connectivity index (χ4n) is 7.49. The number of carbonyl (C=O) groups excluding carboxylic acids is 2. The lowest BCUT2D eigenvalue weighted by Gasteiger charge is -2.43. The van der Waals surface area contributed by atoms with Crippen LogP contribution in [0.15, 0.2) is 60.8 Å². The third-order valence-corrected chi connectivity index (χ3v) is 13.0. The average molecular weight is 1010 g/mol. The molecule has 17 nitrogen and oxygen atoms in total. The maximum Gasteiger partial charge on any atom is 0.472 e. The van der Waals surface area contributed by atoms with E-state index in [0.29, 0.717) is 31.5 Å². The predicted octanol–water partition coefficient (Wildman–Crippen LogP) is 8.83. The standard InChI is InChI=1S/C49H84O17P2/c1-3-5-7-9-11-12-13-14-15-16-17-18-19-20-21-22-23-27-32-36-43(51)63-39(38-62-68(59,60)66-49-46(54)44(52)45(53)48(47(49)55)65-67(56,57)58)37-61-42(50)35-31-28-24-26-30-34-41-40(64-41)33-29-25-10-8-6-4-2/h11-12,14-15,17-18,20-21,25,29,39-41,44-49,52-55H,3-10,13,16,19,22-24,26-28,30-38H2,1-2H3,(H,59,60)(H2,56,57,58)/b12-11-,15-14-,18-17-,21-20-,29-25-/t39-,40?,41?,44?,45?,46?,47?,48-,49+/m1/s1. The highest BCUT2D eigenvalue weighted by molar-refractivity contribution is 7.47. The summed E-state index contributed by atoms with van der Waals surface area (Å²) >= 11 is 0. The predicted molar refractivity (Wildman–Crippen MR) is 259 cm³/mol. The number of epoxide rings is 1. The van der Waals surface area contributed by atoms with Crippen molar-refractivity contribution in [2.75, 3.05) is 13.2 Å². The highest BCUT2D eigenvalue weighted by atomic mass is 31.2. The largest absolute Gasteiger partial charge is 0.472 e. The van der Waals surface area contributed by atoms with E-state index in [1.54, 1.807) is 0 Å². The Balaban J connectivity index is 1.80. The highest BCUT2D eigenvalue weighted by Crippen LogP contribution is 2.49. The monoisotopic (exact) mass is 1010 g/mol. The molecule has 19 heteroatoms. The summed E-state index contributed by atoms with van der Waals surface area (Å²) in [4.78, 5) is 54.4. The molecule has 392 valence electrons. The number of phosphoric acid groups is 2. The van der Waals surface area contributed by atoms with Crippen molar-refractivity contribution in [1.82, 2.24) is 0 Å². The molecule has 1 aliphatic carbocycles. The van der Waals surface area contributed by atoms with Crippen LogP contribution in [0.1, 0.15) is 168 Å². The third kappa shape index (κ3) is 29.8. The molecule has 0 aromatic heterocycles. The second-order valence-electron chi connectivity index (χ2n) is 17.6. The Morgan fingerprint density at radius 1 is 0.544 bits per heavy atom. The van der Waals surface area contributed by atoms with Gasteiger partial charge in [-0.1, -0.05) is 132 Å². The van der Waals surface area contributed by atoms with Gasteiger partial charge >= 0.3 is 27.6 Å². The van der Waals surface area contributed by atoms with Crippen molar-refractivity contribution in [1.29, 1.82) is 0 Å². The van der Waals surface area contributed by atoms with Crippen molar-refractivity contribution < 1.29 is 81.6 Å². The summed E-state index contributed by atoms with van der Waals surface area (Å²) in [5.74, 6) is -1.27. The van der Waals surface area contributed by atoms with Crippen molar-refractivity contribution in [2.24, 2.45) is 0 Å². The number of aliphatic hydroxyl groups is 4. The number of aliphatic hydroxyl groups excluding tert-OH is 4. The molecule has 1 aliphatic heterocycles. The molecule has 1 saturated heterocycles. The number of ether oxygens (including phenoxy) is 3. The summed E-state index contributed by atoms with van der Waals surface area (Å²) < 4.78 is 55.2. The van der Waals surface area contributed by atoms with E-state index in [-0.39, 0.29) is 12.8 Å². The zero-order chi connectivity index (χ0) is 50.0. The van der Waals surface area contributed by atoms with E-state index < -0.39 is 83.5 Å². The summed E-state index contributed by atoms with van der Waals surface area (Å²) in [5, 5.41) is 41.3. The number of phosphoric ester groups is 2. The van der Waals surface area contributed by atoms with E-state index in [1.807, 2.05) is 0 Å². The highest BCUT2D eigenvalue weighted by Gasteiger charge is 2.54. The average Bonchev–Trinajstić information content (AvgIpc) is 4.05. The van der Waals surface area contributed by atoms with Crippen LogP contribution in [0.3, 0.4) is 0 Å². The first-order chi connectivity index (χ1) is 32.6. The van der Waals surface area contributed by atoms with Crippen LogP contribution in [-0.4, -0.2) is 115 Å². The van der Waals surface area contributed by atoms with Crippen molar-refractivity contribution in [3.05, 3.63) is 60.8 Å². The van der Waals surface area contributed by atoms with Gasteiger partial charge in [0.25, 0.3) is 0 Å². The fourth-order valence-corrected chi connectivity index (χ4v) is 9.02. The first-order valence-electron chi connectivity index (χ1n) is 25.0. The fraction of sp³-hybridized carbons (Fsp3) is 0.755. The molecule has 2 rings (SSSR count). The second kappa shape index (κ2) is 36.6. The Morgan fingerprint density at radius 3 is 1.60 bits per heavy atom. The molecule has 2 fully saturated rings. The molecule has 0 bridgehead atoms. The van der Waals surface area contributed by atoms with Gasteiger partial charge in [0, 0.05) is 12.8 Å². The van der Waals surface area contributed by atoms with Crippen LogP contribution >= 0.6 is 15.6 Å². The zero-order valence-electron chi connectivity index (χ0n) is 40.5. The number of unbranched alkanes of at least 4 members (excludes halogenated alkanes) is 13. The van der Waals surface area contributed by atoms with Crippen LogP contribution in [-0.2, 0) is 46.5 Å². The summed E-state index contributed by atoms with van der Waals surface area (Å²) in [6, 6.07) is 0. The number of allylic oxidation sites excluding steroid dienone is 9. The first-order valence-corrected chi connectivity index (χ1v) is 28.0. The van der Waals surface area contributed by atoms with Crippen LogP contribution in [0.25, 0.3) is 0 Å². The molecule has 0 aromatic rings. The number of hydrogen-bond acceptors (Lipinski definition) is 14. The van der Waals surface area contributed by atoms with E-state index in [9.17, 15) is 53.8 Å².